The summed E-state index contributed by atoms with van der Waals surface area (Å²) in [6.07, 6.45) is 14.5. The largest absolute Gasteiger partial charge is 0.481 e. The van der Waals surface area contributed by atoms with E-state index in [9.17, 15) is 9.59 Å². The van der Waals surface area contributed by atoms with Crippen molar-refractivity contribution in [3.05, 3.63) is 0 Å². The van der Waals surface area contributed by atoms with Crippen molar-refractivity contribution in [2.24, 2.45) is 0 Å². The Morgan fingerprint density at radius 1 is 0.792 bits per heavy atom. The molecule has 0 saturated heterocycles. The van der Waals surface area contributed by atoms with Crippen LogP contribution >= 0.6 is 0 Å². The summed E-state index contributed by atoms with van der Waals surface area (Å²) in [4.78, 5) is 22.7. The van der Waals surface area contributed by atoms with Crippen molar-refractivity contribution in [2.45, 2.75) is 116 Å². The average molecular weight is 343 g/mol. The standard InChI is InChI=1S/C20H38O4/c1-3-5-7-8-9-10-11-12-14-15-18(17-19(21)22)24-20(23)16-13-6-4-2/h18H,3-17H2,1-2H3,(H,21,22)/t18-/m1/s1. The maximum absolute atomic E-state index is 11.8. The minimum atomic E-state index is -0.891. The van der Waals surface area contributed by atoms with Crippen LogP contribution in [0.25, 0.3) is 0 Å². The van der Waals surface area contributed by atoms with Gasteiger partial charge in [-0.05, 0) is 19.3 Å². The van der Waals surface area contributed by atoms with Crippen LogP contribution in [0.1, 0.15) is 110 Å². The van der Waals surface area contributed by atoms with Gasteiger partial charge in [-0.3, -0.25) is 9.59 Å². The van der Waals surface area contributed by atoms with Crippen molar-refractivity contribution >= 4 is 11.9 Å². The quantitative estimate of drug-likeness (QED) is 0.265. The van der Waals surface area contributed by atoms with Gasteiger partial charge in [0, 0.05) is 6.42 Å². The van der Waals surface area contributed by atoms with Gasteiger partial charge in [-0.15, -0.1) is 0 Å². The predicted molar refractivity (Wildman–Crippen MR) is 98.1 cm³/mol. The van der Waals surface area contributed by atoms with E-state index in [1.54, 1.807) is 0 Å². The molecule has 0 aliphatic heterocycles. The Morgan fingerprint density at radius 3 is 1.83 bits per heavy atom. The Hall–Kier alpha value is -1.06. The van der Waals surface area contributed by atoms with Gasteiger partial charge in [0.2, 0.25) is 0 Å². The Balaban J connectivity index is 3.78. The van der Waals surface area contributed by atoms with E-state index in [4.69, 9.17) is 9.84 Å². The number of ether oxygens (including phenoxy) is 1. The summed E-state index contributed by atoms with van der Waals surface area (Å²) in [6.45, 7) is 4.31. The molecule has 0 aliphatic carbocycles. The summed E-state index contributed by atoms with van der Waals surface area (Å²) in [7, 11) is 0. The second-order valence-electron chi connectivity index (χ2n) is 6.78. The summed E-state index contributed by atoms with van der Waals surface area (Å²) in [5.41, 5.74) is 0. The van der Waals surface area contributed by atoms with Gasteiger partial charge in [-0.25, -0.2) is 0 Å². The Kier molecular flexibility index (Phi) is 16.0. The summed E-state index contributed by atoms with van der Waals surface area (Å²) >= 11 is 0. The number of aliphatic carboxylic acids is 1. The van der Waals surface area contributed by atoms with E-state index in [1.807, 2.05) is 0 Å². The van der Waals surface area contributed by atoms with Crippen LogP contribution in [0.15, 0.2) is 0 Å². The molecule has 4 nitrogen and oxygen atoms in total. The van der Waals surface area contributed by atoms with Crippen molar-refractivity contribution in [1.29, 1.82) is 0 Å². The number of hydrogen-bond acceptors (Lipinski definition) is 3. The van der Waals surface area contributed by atoms with Crippen LogP contribution in [0.2, 0.25) is 0 Å². The molecular formula is C20H38O4. The molecule has 142 valence electrons. The van der Waals surface area contributed by atoms with Crippen molar-refractivity contribution in [3.63, 3.8) is 0 Å². The number of unbranched alkanes of at least 4 members (excludes halogenated alkanes) is 10. The van der Waals surface area contributed by atoms with Crippen molar-refractivity contribution in [1.82, 2.24) is 0 Å². The second-order valence-corrected chi connectivity index (χ2v) is 6.78. The molecule has 0 heterocycles. The molecule has 0 aromatic carbocycles. The van der Waals surface area contributed by atoms with Crippen LogP contribution < -0.4 is 0 Å². The zero-order valence-electron chi connectivity index (χ0n) is 15.9. The van der Waals surface area contributed by atoms with Gasteiger partial charge in [0.05, 0.1) is 6.42 Å². The van der Waals surface area contributed by atoms with E-state index in [2.05, 4.69) is 13.8 Å². The molecule has 24 heavy (non-hydrogen) atoms. The summed E-state index contributed by atoms with van der Waals surface area (Å²) in [5.74, 6) is -1.14. The zero-order chi connectivity index (χ0) is 18.0. The highest BCUT2D eigenvalue weighted by Crippen LogP contribution is 2.15. The molecule has 0 aromatic heterocycles. The Morgan fingerprint density at radius 2 is 1.29 bits per heavy atom. The van der Waals surface area contributed by atoms with Crippen LogP contribution in [-0.2, 0) is 14.3 Å². The topological polar surface area (TPSA) is 63.6 Å². The lowest BCUT2D eigenvalue weighted by molar-refractivity contribution is -0.153. The predicted octanol–water partition coefficient (Wildman–Crippen LogP) is 5.87. The molecule has 1 atom stereocenters. The minimum absolute atomic E-state index is 0.0729. The Labute approximate surface area is 148 Å². The van der Waals surface area contributed by atoms with Crippen LogP contribution in [-0.4, -0.2) is 23.1 Å². The number of carbonyl (C=O) groups is 2. The van der Waals surface area contributed by atoms with E-state index in [1.165, 1.54) is 44.9 Å². The van der Waals surface area contributed by atoms with Crippen LogP contribution in [0, 0.1) is 0 Å². The van der Waals surface area contributed by atoms with Crippen molar-refractivity contribution < 1.29 is 19.4 Å². The third-order valence-electron chi connectivity index (χ3n) is 4.31. The van der Waals surface area contributed by atoms with E-state index >= 15 is 0 Å². The number of carboxylic acid groups (broad SMARTS) is 1. The van der Waals surface area contributed by atoms with Gasteiger partial charge in [0.25, 0.3) is 0 Å². The average Bonchev–Trinajstić information content (AvgIpc) is 2.53. The van der Waals surface area contributed by atoms with E-state index in [0.29, 0.717) is 12.8 Å². The highest BCUT2D eigenvalue weighted by molar-refractivity contribution is 5.71. The lowest BCUT2D eigenvalue weighted by atomic mass is 10.0. The molecule has 0 fully saturated rings. The summed E-state index contributed by atoms with van der Waals surface area (Å²) in [6, 6.07) is 0. The first-order chi connectivity index (χ1) is 11.6. The highest BCUT2D eigenvalue weighted by atomic mass is 16.5. The minimum Gasteiger partial charge on any atom is -0.481 e. The normalized spacial score (nSPS) is 12.1. The molecule has 4 heteroatoms. The van der Waals surface area contributed by atoms with Gasteiger partial charge >= 0.3 is 11.9 Å². The first-order valence-electron chi connectivity index (χ1n) is 10.0. The number of carbonyl (C=O) groups excluding carboxylic acids is 1. The first kappa shape index (κ1) is 22.9. The van der Waals surface area contributed by atoms with E-state index in [-0.39, 0.29) is 12.4 Å². The van der Waals surface area contributed by atoms with E-state index < -0.39 is 12.1 Å². The lowest BCUT2D eigenvalue weighted by Gasteiger charge is -2.16. The van der Waals surface area contributed by atoms with Gasteiger partial charge < -0.3 is 9.84 Å². The van der Waals surface area contributed by atoms with Crippen LogP contribution in [0.3, 0.4) is 0 Å². The molecule has 0 rings (SSSR count). The monoisotopic (exact) mass is 342 g/mol. The fraction of sp³-hybridized carbons (Fsp3) is 0.900. The maximum atomic E-state index is 11.8. The molecule has 0 unspecified atom stereocenters. The van der Waals surface area contributed by atoms with E-state index in [0.717, 1.165) is 32.1 Å². The van der Waals surface area contributed by atoms with Crippen LogP contribution in [0.5, 0.6) is 0 Å². The van der Waals surface area contributed by atoms with Gasteiger partial charge in [0.15, 0.2) is 0 Å². The lowest BCUT2D eigenvalue weighted by Crippen LogP contribution is -2.21. The highest BCUT2D eigenvalue weighted by Gasteiger charge is 2.17. The molecule has 0 saturated carbocycles. The second kappa shape index (κ2) is 16.8. The maximum Gasteiger partial charge on any atom is 0.307 e. The van der Waals surface area contributed by atoms with Gasteiger partial charge in [0.1, 0.15) is 6.10 Å². The van der Waals surface area contributed by atoms with Gasteiger partial charge in [-0.1, -0.05) is 78.1 Å². The number of rotatable bonds is 17. The fourth-order valence-corrected chi connectivity index (χ4v) is 2.84. The van der Waals surface area contributed by atoms with Crippen LogP contribution in [0.4, 0.5) is 0 Å². The molecule has 0 radical (unpaired) electrons. The van der Waals surface area contributed by atoms with Crippen molar-refractivity contribution in [3.8, 4) is 0 Å². The summed E-state index contributed by atoms with van der Waals surface area (Å²) < 4.78 is 5.36. The SMILES string of the molecule is CCCCCCCCCCC[C@H](CC(=O)O)OC(=O)CCCCC. The molecule has 0 amide bonds. The first-order valence-corrected chi connectivity index (χ1v) is 10.0. The third kappa shape index (κ3) is 15.8. The van der Waals surface area contributed by atoms with Crippen molar-refractivity contribution in [2.75, 3.05) is 0 Å². The number of hydrogen-bond donors (Lipinski definition) is 1. The molecule has 0 spiro atoms. The summed E-state index contributed by atoms with van der Waals surface area (Å²) in [5, 5.41) is 8.96. The molecule has 0 aliphatic rings. The zero-order valence-corrected chi connectivity index (χ0v) is 15.9. The molecule has 0 aromatic rings. The number of carboxylic acids is 1. The number of esters is 1. The fourth-order valence-electron chi connectivity index (χ4n) is 2.84. The Bertz CT molecular complexity index is 315. The molecule has 0 bridgehead atoms. The molecular weight excluding hydrogens is 304 g/mol. The molecule has 1 N–H and O–H groups in total. The third-order valence-corrected chi connectivity index (χ3v) is 4.31. The smallest absolute Gasteiger partial charge is 0.307 e. The van der Waals surface area contributed by atoms with Gasteiger partial charge in [-0.2, -0.15) is 0 Å².